The highest BCUT2D eigenvalue weighted by Gasteiger charge is 2.49. The van der Waals surface area contributed by atoms with E-state index in [2.05, 4.69) is 10.6 Å². The molecule has 2 aromatic rings. The van der Waals surface area contributed by atoms with Gasteiger partial charge in [-0.25, -0.2) is 0 Å². The molecule has 7 heteroatoms. The molecule has 0 saturated heterocycles. The summed E-state index contributed by atoms with van der Waals surface area (Å²) in [6, 6.07) is 11.5. The van der Waals surface area contributed by atoms with Crippen LogP contribution < -0.4 is 10.6 Å². The molecule has 2 aromatic carbocycles. The Balaban J connectivity index is 2.09. The molecule has 1 aliphatic rings. The number of carbonyl (C=O) groups excluding carboxylic acids is 1. The molecular weight excluding hydrogens is 399 g/mol. The third-order valence-electron chi connectivity index (χ3n) is 4.86. The minimum absolute atomic E-state index is 0.144. The average Bonchev–Trinajstić information content (AvgIpc) is 2.84. The lowest BCUT2D eigenvalue weighted by molar-refractivity contribution is -0.141. The summed E-state index contributed by atoms with van der Waals surface area (Å²) < 4.78 is 0. The number of fused-ring (bicyclic) bond motifs is 1. The molecule has 0 spiro atoms. The van der Waals surface area contributed by atoms with E-state index in [0.717, 1.165) is 5.56 Å². The van der Waals surface area contributed by atoms with E-state index in [1.165, 1.54) is 0 Å². The standard InChI is InChI=1S/C21H22Cl2N2O3/c1-12(2)8-18(19(26)27)25-21(11-13-4-3-5-14(22)9-13)16-7-6-15(23)10-17(16)24-20(21)28/h3-7,9-10,12,18,25H,8,11H2,1-2H3,(H,24,28)(H,26,27)/t18-,21?/m0/s1. The highest BCUT2D eigenvalue weighted by molar-refractivity contribution is 6.31. The Labute approximate surface area is 174 Å². The van der Waals surface area contributed by atoms with Gasteiger partial charge in [0.1, 0.15) is 11.6 Å². The van der Waals surface area contributed by atoms with Crippen molar-refractivity contribution in [1.82, 2.24) is 5.32 Å². The molecule has 0 aliphatic carbocycles. The topological polar surface area (TPSA) is 78.4 Å². The molecule has 1 heterocycles. The van der Waals surface area contributed by atoms with E-state index in [0.29, 0.717) is 27.7 Å². The van der Waals surface area contributed by atoms with Crippen LogP contribution in [0.4, 0.5) is 5.69 Å². The normalized spacial score (nSPS) is 19.4. The van der Waals surface area contributed by atoms with Gasteiger partial charge in [-0.3, -0.25) is 14.9 Å². The zero-order chi connectivity index (χ0) is 20.5. The fraction of sp³-hybridized carbons (Fsp3) is 0.333. The first-order chi connectivity index (χ1) is 13.2. The number of hydrogen-bond donors (Lipinski definition) is 3. The number of anilines is 1. The monoisotopic (exact) mass is 420 g/mol. The zero-order valence-corrected chi connectivity index (χ0v) is 17.1. The van der Waals surface area contributed by atoms with Crippen LogP contribution in [0.1, 0.15) is 31.4 Å². The summed E-state index contributed by atoms with van der Waals surface area (Å²) in [7, 11) is 0. The van der Waals surface area contributed by atoms with Gasteiger partial charge in [0, 0.05) is 27.7 Å². The van der Waals surface area contributed by atoms with E-state index in [1.807, 2.05) is 26.0 Å². The number of carboxylic acid groups (broad SMARTS) is 1. The molecule has 148 valence electrons. The molecule has 1 aliphatic heterocycles. The van der Waals surface area contributed by atoms with E-state index < -0.39 is 17.6 Å². The van der Waals surface area contributed by atoms with Gasteiger partial charge in [-0.15, -0.1) is 0 Å². The largest absolute Gasteiger partial charge is 0.480 e. The van der Waals surface area contributed by atoms with Crippen molar-refractivity contribution in [3.05, 3.63) is 63.6 Å². The van der Waals surface area contributed by atoms with Crippen LogP contribution in [0.25, 0.3) is 0 Å². The van der Waals surface area contributed by atoms with Crippen LogP contribution in [0.3, 0.4) is 0 Å². The Morgan fingerprint density at radius 3 is 2.54 bits per heavy atom. The number of benzene rings is 2. The van der Waals surface area contributed by atoms with Gasteiger partial charge >= 0.3 is 5.97 Å². The predicted octanol–water partition coefficient (Wildman–Crippen LogP) is 4.47. The molecule has 1 unspecified atom stereocenters. The number of aliphatic carboxylic acids is 1. The molecule has 0 bridgehead atoms. The predicted molar refractivity (Wildman–Crippen MR) is 111 cm³/mol. The maximum Gasteiger partial charge on any atom is 0.320 e. The Bertz CT molecular complexity index is 916. The zero-order valence-electron chi connectivity index (χ0n) is 15.6. The third-order valence-corrected chi connectivity index (χ3v) is 5.33. The second kappa shape index (κ2) is 8.11. The average molecular weight is 421 g/mol. The summed E-state index contributed by atoms with van der Waals surface area (Å²) in [4.78, 5) is 25.1. The fourth-order valence-electron chi connectivity index (χ4n) is 3.66. The van der Waals surface area contributed by atoms with E-state index in [-0.39, 0.29) is 18.2 Å². The quantitative estimate of drug-likeness (QED) is 0.617. The lowest BCUT2D eigenvalue weighted by atomic mass is 9.83. The Morgan fingerprint density at radius 1 is 1.18 bits per heavy atom. The Kier molecular flexibility index (Phi) is 5.98. The molecule has 0 fully saturated rings. The second-order valence-corrected chi connectivity index (χ2v) is 8.39. The van der Waals surface area contributed by atoms with Crippen LogP contribution in [0.15, 0.2) is 42.5 Å². The van der Waals surface area contributed by atoms with Crippen molar-refractivity contribution in [2.75, 3.05) is 5.32 Å². The van der Waals surface area contributed by atoms with Gasteiger partial charge in [0.2, 0.25) is 5.91 Å². The smallest absolute Gasteiger partial charge is 0.320 e. The maximum absolute atomic E-state index is 13.2. The van der Waals surface area contributed by atoms with Gasteiger partial charge in [-0.1, -0.05) is 55.2 Å². The van der Waals surface area contributed by atoms with Crippen molar-refractivity contribution in [3.63, 3.8) is 0 Å². The summed E-state index contributed by atoms with van der Waals surface area (Å²) >= 11 is 12.2. The van der Waals surface area contributed by atoms with E-state index in [4.69, 9.17) is 23.2 Å². The molecule has 1 amide bonds. The fourth-order valence-corrected chi connectivity index (χ4v) is 4.04. The molecule has 0 radical (unpaired) electrons. The molecule has 28 heavy (non-hydrogen) atoms. The summed E-state index contributed by atoms with van der Waals surface area (Å²) in [5.41, 5.74) is 0.854. The summed E-state index contributed by atoms with van der Waals surface area (Å²) in [5.74, 6) is -1.15. The number of carboxylic acids is 1. The molecule has 3 N–H and O–H groups in total. The molecule has 0 saturated carbocycles. The lowest BCUT2D eigenvalue weighted by Gasteiger charge is -2.33. The molecule has 5 nitrogen and oxygen atoms in total. The number of nitrogens with one attached hydrogen (secondary N) is 2. The molecule has 2 atom stereocenters. The van der Waals surface area contributed by atoms with Crippen molar-refractivity contribution >= 4 is 40.8 Å². The van der Waals surface area contributed by atoms with Crippen LogP contribution >= 0.6 is 23.2 Å². The summed E-state index contributed by atoms with van der Waals surface area (Å²) in [6.45, 7) is 3.90. The SMILES string of the molecule is CC(C)C[C@H](NC1(Cc2cccc(Cl)c2)C(=O)Nc2cc(Cl)ccc21)C(=O)O. The lowest BCUT2D eigenvalue weighted by Crippen LogP contribution is -2.56. The Hall–Kier alpha value is -2.08. The number of hydrogen-bond acceptors (Lipinski definition) is 3. The van der Waals surface area contributed by atoms with Gasteiger partial charge < -0.3 is 10.4 Å². The van der Waals surface area contributed by atoms with Gasteiger partial charge in [0.15, 0.2) is 0 Å². The number of halogens is 2. The van der Waals surface area contributed by atoms with Crippen molar-refractivity contribution in [3.8, 4) is 0 Å². The minimum atomic E-state index is -1.23. The number of amides is 1. The van der Waals surface area contributed by atoms with Crippen LogP contribution in [0.5, 0.6) is 0 Å². The van der Waals surface area contributed by atoms with E-state index >= 15 is 0 Å². The molecule has 3 rings (SSSR count). The van der Waals surface area contributed by atoms with Crippen LogP contribution in [-0.2, 0) is 21.5 Å². The van der Waals surface area contributed by atoms with Crippen LogP contribution in [0.2, 0.25) is 10.0 Å². The second-order valence-electron chi connectivity index (χ2n) is 7.52. The van der Waals surface area contributed by atoms with Crippen molar-refractivity contribution in [2.45, 2.75) is 38.3 Å². The van der Waals surface area contributed by atoms with Crippen LogP contribution in [0, 0.1) is 5.92 Å². The first kappa shape index (κ1) is 20.6. The highest BCUT2D eigenvalue weighted by Crippen LogP contribution is 2.40. The molecule has 0 aromatic heterocycles. The molecular formula is C21H22Cl2N2O3. The van der Waals surface area contributed by atoms with Gasteiger partial charge in [0.25, 0.3) is 0 Å². The van der Waals surface area contributed by atoms with Crippen molar-refractivity contribution in [2.24, 2.45) is 5.92 Å². The highest BCUT2D eigenvalue weighted by atomic mass is 35.5. The van der Waals surface area contributed by atoms with Gasteiger partial charge in [0.05, 0.1) is 0 Å². The first-order valence-corrected chi connectivity index (χ1v) is 9.83. The third kappa shape index (κ3) is 4.17. The Morgan fingerprint density at radius 2 is 1.89 bits per heavy atom. The van der Waals surface area contributed by atoms with E-state index in [1.54, 1.807) is 30.3 Å². The minimum Gasteiger partial charge on any atom is -0.480 e. The van der Waals surface area contributed by atoms with E-state index in [9.17, 15) is 14.7 Å². The van der Waals surface area contributed by atoms with Gasteiger partial charge in [-0.05, 0) is 42.2 Å². The number of carbonyl (C=O) groups is 2. The number of rotatable bonds is 7. The van der Waals surface area contributed by atoms with Crippen molar-refractivity contribution < 1.29 is 14.7 Å². The van der Waals surface area contributed by atoms with Crippen molar-refractivity contribution in [1.29, 1.82) is 0 Å². The first-order valence-electron chi connectivity index (χ1n) is 9.07. The van der Waals surface area contributed by atoms with Gasteiger partial charge in [-0.2, -0.15) is 0 Å². The summed E-state index contributed by atoms with van der Waals surface area (Å²) in [6.07, 6.45) is 0.652. The maximum atomic E-state index is 13.2. The summed E-state index contributed by atoms with van der Waals surface area (Å²) in [5, 5.41) is 16.8. The van der Waals surface area contributed by atoms with Crippen LogP contribution in [-0.4, -0.2) is 23.0 Å².